The number of nitrogens with zero attached hydrogens (tertiary/aromatic N) is 2. The van der Waals surface area contributed by atoms with Gasteiger partial charge in [-0.15, -0.1) is 24.0 Å². The molecule has 1 aliphatic heterocycles. The average Bonchev–Trinajstić information content (AvgIpc) is 3.27. The minimum atomic E-state index is -0.0585. The van der Waals surface area contributed by atoms with Gasteiger partial charge in [0.25, 0.3) is 0 Å². The molecule has 1 aromatic rings. The molecule has 2 unspecified atom stereocenters. The molecule has 1 saturated carbocycles. The van der Waals surface area contributed by atoms with Crippen molar-refractivity contribution in [3.63, 3.8) is 0 Å². The Hall–Kier alpha value is -1.71. The third-order valence-corrected chi connectivity index (χ3v) is 6.04. The Labute approximate surface area is 209 Å². The van der Waals surface area contributed by atoms with Crippen molar-refractivity contribution in [1.82, 2.24) is 15.5 Å². The molecular formula is C24H39IN4O3. The number of hydrogen-bond acceptors (Lipinski definition) is 4. The van der Waals surface area contributed by atoms with E-state index in [2.05, 4.69) is 17.6 Å². The van der Waals surface area contributed by atoms with Crippen molar-refractivity contribution in [3.05, 3.63) is 24.3 Å². The summed E-state index contributed by atoms with van der Waals surface area (Å²) >= 11 is 0. The van der Waals surface area contributed by atoms with E-state index in [1.807, 2.05) is 36.1 Å². The lowest BCUT2D eigenvalue weighted by Gasteiger charge is -2.26. The molecule has 1 saturated heterocycles. The predicted molar refractivity (Wildman–Crippen MR) is 139 cm³/mol. The first-order chi connectivity index (χ1) is 15.1. The van der Waals surface area contributed by atoms with Crippen LogP contribution in [0.1, 0.15) is 52.4 Å². The van der Waals surface area contributed by atoms with Crippen LogP contribution >= 0.6 is 24.0 Å². The molecular weight excluding hydrogens is 519 g/mol. The van der Waals surface area contributed by atoms with Crippen molar-refractivity contribution < 1.29 is 14.3 Å². The second-order valence-corrected chi connectivity index (χ2v) is 8.57. The molecule has 180 valence electrons. The van der Waals surface area contributed by atoms with Gasteiger partial charge in [0.15, 0.2) is 5.96 Å². The number of carbonyl (C=O) groups is 1. The fourth-order valence-corrected chi connectivity index (χ4v) is 4.34. The molecule has 2 N–H and O–H groups in total. The molecule has 1 heterocycles. The number of hydrogen-bond donors (Lipinski definition) is 2. The highest BCUT2D eigenvalue weighted by Gasteiger charge is 2.31. The quantitative estimate of drug-likeness (QED) is 0.289. The lowest BCUT2D eigenvalue weighted by atomic mass is 9.88. The van der Waals surface area contributed by atoms with Gasteiger partial charge in [-0.05, 0) is 57.4 Å². The fraction of sp³-hybridized carbons (Fsp3) is 0.667. The molecule has 2 aliphatic rings. The first-order valence-electron chi connectivity index (χ1n) is 11.7. The normalized spacial score (nSPS) is 20.3. The van der Waals surface area contributed by atoms with Gasteiger partial charge in [0.2, 0.25) is 5.91 Å². The molecule has 3 rings (SSSR count). The van der Waals surface area contributed by atoms with Crippen LogP contribution in [0, 0.1) is 5.92 Å². The van der Waals surface area contributed by atoms with Crippen LogP contribution in [-0.4, -0.2) is 62.2 Å². The van der Waals surface area contributed by atoms with E-state index in [0.29, 0.717) is 12.5 Å². The number of rotatable bonds is 8. The van der Waals surface area contributed by atoms with E-state index in [1.165, 1.54) is 19.3 Å². The zero-order valence-electron chi connectivity index (χ0n) is 19.6. The Bertz CT molecular complexity index is 722. The standard InChI is InChI=1S/C24H38N4O3.HI/c1-4-25-24(26-16-18(2)31-22-12-10-21(30-3)11-13-22)27-20-14-15-28(17-20)23(29)19-8-6-5-7-9-19;/h10-13,18-20H,4-9,14-17H2,1-3H3,(H2,25,26,27);1H. The van der Waals surface area contributed by atoms with Crippen LogP contribution in [0.15, 0.2) is 29.3 Å². The maximum absolute atomic E-state index is 12.8. The zero-order chi connectivity index (χ0) is 22.1. The molecule has 8 heteroatoms. The summed E-state index contributed by atoms with van der Waals surface area (Å²) in [6.45, 7) is 7.00. The van der Waals surface area contributed by atoms with Crippen LogP contribution in [0.25, 0.3) is 0 Å². The molecule has 7 nitrogen and oxygen atoms in total. The summed E-state index contributed by atoms with van der Waals surface area (Å²) in [5.74, 6) is 2.99. The second-order valence-electron chi connectivity index (χ2n) is 8.57. The summed E-state index contributed by atoms with van der Waals surface area (Å²) in [5, 5.41) is 6.83. The lowest BCUT2D eigenvalue weighted by molar-refractivity contribution is -0.135. The van der Waals surface area contributed by atoms with E-state index in [-0.39, 0.29) is 42.0 Å². The predicted octanol–water partition coefficient (Wildman–Crippen LogP) is 3.82. The number of benzene rings is 1. The zero-order valence-corrected chi connectivity index (χ0v) is 22.0. The van der Waals surface area contributed by atoms with Crippen molar-refractivity contribution in [2.75, 3.05) is 33.3 Å². The number of amides is 1. The van der Waals surface area contributed by atoms with Gasteiger partial charge in [0, 0.05) is 31.6 Å². The van der Waals surface area contributed by atoms with Crippen molar-refractivity contribution in [2.24, 2.45) is 10.9 Å². The first kappa shape index (κ1) is 26.5. The smallest absolute Gasteiger partial charge is 0.225 e. The SMILES string of the molecule is CCNC(=NCC(C)Oc1ccc(OC)cc1)NC1CCN(C(=O)C2CCCCC2)C1.I. The van der Waals surface area contributed by atoms with Gasteiger partial charge in [-0.2, -0.15) is 0 Å². The summed E-state index contributed by atoms with van der Waals surface area (Å²) < 4.78 is 11.1. The van der Waals surface area contributed by atoms with Crippen molar-refractivity contribution in [3.8, 4) is 11.5 Å². The van der Waals surface area contributed by atoms with E-state index in [4.69, 9.17) is 14.5 Å². The van der Waals surface area contributed by atoms with Gasteiger partial charge in [-0.25, -0.2) is 4.99 Å². The Kier molecular flexibility index (Phi) is 11.4. The first-order valence-corrected chi connectivity index (χ1v) is 11.7. The highest BCUT2D eigenvalue weighted by atomic mass is 127. The maximum Gasteiger partial charge on any atom is 0.225 e. The van der Waals surface area contributed by atoms with Crippen molar-refractivity contribution in [2.45, 2.75) is 64.5 Å². The maximum atomic E-state index is 12.8. The molecule has 0 bridgehead atoms. The number of guanidine groups is 1. The van der Waals surface area contributed by atoms with Crippen LogP contribution in [0.2, 0.25) is 0 Å². The van der Waals surface area contributed by atoms with E-state index >= 15 is 0 Å². The molecule has 32 heavy (non-hydrogen) atoms. The van der Waals surface area contributed by atoms with Gasteiger partial charge in [-0.3, -0.25) is 4.79 Å². The number of nitrogens with one attached hydrogen (secondary N) is 2. The average molecular weight is 559 g/mol. The molecule has 2 fully saturated rings. The minimum Gasteiger partial charge on any atom is -0.497 e. The summed E-state index contributed by atoms with van der Waals surface area (Å²) in [7, 11) is 1.65. The minimum absolute atomic E-state index is 0. The van der Waals surface area contributed by atoms with Crippen LogP contribution in [-0.2, 0) is 4.79 Å². The van der Waals surface area contributed by atoms with Gasteiger partial charge in [-0.1, -0.05) is 19.3 Å². The van der Waals surface area contributed by atoms with Crippen LogP contribution in [0.5, 0.6) is 11.5 Å². The monoisotopic (exact) mass is 558 g/mol. The Morgan fingerprint density at radius 1 is 1.16 bits per heavy atom. The van der Waals surface area contributed by atoms with Crippen LogP contribution in [0.4, 0.5) is 0 Å². The molecule has 1 aliphatic carbocycles. The van der Waals surface area contributed by atoms with Gasteiger partial charge >= 0.3 is 0 Å². The summed E-state index contributed by atoms with van der Waals surface area (Å²) in [6, 6.07) is 7.82. The Morgan fingerprint density at radius 2 is 1.84 bits per heavy atom. The van der Waals surface area contributed by atoms with Gasteiger partial charge < -0.3 is 25.0 Å². The molecule has 1 amide bonds. The van der Waals surface area contributed by atoms with E-state index in [9.17, 15) is 4.79 Å². The van der Waals surface area contributed by atoms with Crippen molar-refractivity contribution in [1.29, 1.82) is 0 Å². The summed E-state index contributed by atoms with van der Waals surface area (Å²) in [4.78, 5) is 19.6. The number of ether oxygens (including phenoxy) is 2. The van der Waals surface area contributed by atoms with Gasteiger partial charge in [0.1, 0.15) is 17.6 Å². The van der Waals surface area contributed by atoms with E-state index < -0.39 is 0 Å². The Morgan fingerprint density at radius 3 is 2.50 bits per heavy atom. The third-order valence-electron chi connectivity index (χ3n) is 6.04. The molecule has 0 aromatic heterocycles. The van der Waals surface area contributed by atoms with E-state index in [0.717, 1.165) is 56.4 Å². The largest absolute Gasteiger partial charge is 0.497 e. The number of likely N-dealkylation sites (tertiary alicyclic amines) is 1. The molecule has 1 aromatic carbocycles. The van der Waals surface area contributed by atoms with Gasteiger partial charge in [0.05, 0.1) is 13.7 Å². The third kappa shape index (κ3) is 8.01. The van der Waals surface area contributed by atoms with Crippen LogP contribution < -0.4 is 20.1 Å². The second kappa shape index (κ2) is 13.7. The van der Waals surface area contributed by atoms with Crippen LogP contribution in [0.3, 0.4) is 0 Å². The molecule has 0 spiro atoms. The van der Waals surface area contributed by atoms with E-state index in [1.54, 1.807) is 7.11 Å². The molecule has 0 radical (unpaired) electrons. The number of halogens is 1. The van der Waals surface area contributed by atoms with Crippen molar-refractivity contribution >= 4 is 35.8 Å². The summed E-state index contributed by atoms with van der Waals surface area (Å²) in [6.07, 6.45) is 6.68. The highest BCUT2D eigenvalue weighted by Crippen LogP contribution is 2.26. The summed E-state index contributed by atoms with van der Waals surface area (Å²) in [5.41, 5.74) is 0. The highest BCUT2D eigenvalue weighted by molar-refractivity contribution is 14.0. The number of aliphatic imine (C=N–C) groups is 1. The lowest BCUT2D eigenvalue weighted by Crippen LogP contribution is -2.46. The number of methoxy groups -OCH3 is 1. The Balaban J connectivity index is 0.00000363. The topological polar surface area (TPSA) is 75.2 Å². The number of carbonyl (C=O) groups excluding carboxylic acids is 1. The fourth-order valence-electron chi connectivity index (χ4n) is 4.34. The molecule has 2 atom stereocenters.